The van der Waals surface area contributed by atoms with Gasteiger partial charge in [0.25, 0.3) is 0 Å². The predicted octanol–water partition coefficient (Wildman–Crippen LogP) is 4.64. The molecule has 3 aromatic rings. The second-order valence-corrected chi connectivity index (χ2v) is 6.85. The summed E-state index contributed by atoms with van der Waals surface area (Å²) in [5.41, 5.74) is 4.25. The Hall–Kier alpha value is -2.33. The van der Waals surface area contributed by atoms with Crippen LogP contribution in [0.15, 0.2) is 48.8 Å². The largest absolute Gasteiger partial charge is 0.491 e. The molecular formula is C20H20ClN3O. The molecule has 3 heterocycles. The zero-order valence-corrected chi connectivity index (χ0v) is 14.9. The number of aryl methyl sites for hydroxylation is 1. The standard InChI is InChI=1S/C20H20ClN3O/c1-14-8-10-23-20-18(9-11-22-19(14)20)24-12-2-3-16(24)13-25-17-6-4-15(21)5-7-17/h4-11,16H,2-3,12-13H2,1H3. The van der Waals surface area contributed by atoms with Crippen molar-refractivity contribution >= 4 is 28.3 Å². The number of aromatic nitrogens is 2. The average Bonchev–Trinajstić information content (AvgIpc) is 3.10. The average molecular weight is 354 g/mol. The molecule has 5 heteroatoms. The normalized spacial score (nSPS) is 17.2. The lowest BCUT2D eigenvalue weighted by molar-refractivity contribution is 0.289. The number of rotatable bonds is 4. The Kier molecular flexibility index (Phi) is 4.45. The number of pyridine rings is 2. The van der Waals surface area contributed by atoms with Crippen LogP contribution < -0.4 is 9.64 Å². The summed E-state index contributed by atoms with van der Waals surface area (Å²) in [5, 5.41) is 0.722. The van der Waals surface area contributed by atoms with E-state index < -0.39 is 0 Å². The molecule has 0 amide bonds. The van der Waals surface area contributed by atoms with Gasteiger partial charge in [-0.15, -0.1) is 0 Å². The fourth-order valence-corrected chi connectivity index (χ4v) is 3.57. The van der Waals surface area contributed by atoms with Crippen LogP contribution >= 0.6 is 11.6 Å². The van der Waals surface area contributed by atoms with E-state index in [9.17, 15) is 0 Å². The molecule has 0 spiro atoms. The summed E-state index contributed by atoms with van der Waals surface area (Å²) in [5.74, 6) is 0.852. The number of hydrogen-bond donors (Lipinski definition) is 0. The second kappa shape index (κ2) is 6.89. The van der Waals surface area contributed by atoms with Crippen molar-refractivity contribution in [2.24, 2.45) is 0 Å². The molecule has 0 aliphatic carbocycles. The van der Waals surface area contributed by atoms with Gasteiger partial charge in [0, 0.05) is 24.0 Å². The van der Waals surface area contributed by atoms with Gasteiger partial charge in [-0.3, -0.25) is 9.97 Å². The molecule has 0 bridgehead atoms. The predicted molar refractivity (Wildman–Crippen MR) is 102 cm³/mol. The van der Waals surface area contributed by atoms with E-state index in [1.807, 2.05) is 42.7 Å². The fourth-order valence-electron chi connectivity index (χ4n) is 3.44. The van der Waals surface area contributed by atoms with Gasteiger partial charge in [0.15, 0.2) is 0 Å². The maximum atomic E-state index is 6.00. The zero-order valence-electron chi connectivity index (χ0n) is 14.2. The van der Waals surface area contributed by atoms with Crippen LogP contribution in [0, 0.1) is 6.92 Å². The summed E-state index contributed by atoms with van der Waals surface area (Å²) in [6.07, 6.45) is 6.01. The number of benzene rings is 1. The van der Waals surface area contributed by atoms with E-state index in [-0.39, 0.29) is 0 Å². The van der Waals surface area contributed by atoms with Crippen LogP contribution in [-0.2, 0) is 0 Å². The number of hydrogen-bond acceptors (Lipinski definition) is 4. The molecule has 1 unspecified atom stereocenters. The van der Waals surface area contributed by atoms with Crippen molar-refractivity contribution in [3.8, 4) is 5.75 Å². The molecule has 1 aliphatic rings. The van der Waals surface area contributed by atoms with E-state index in [2.05, 4.69) is 27.9 Å². The Morgan fingerprint density at radius 1 is 1.08 bits per heavy atom. The molecule has 0 saturated carbocycles. The first-order chi connectivity index (χ1) is 12.2. The van der Waals surface area contributed by atoms with Gasteiger partial charge in [-0.2, -0.15) is 0 Å². The maximum Gasteiger partial charge on any atom is 0.119 e. The van der Waals surface area contributed by atoms with Gasteiger partial charge >= 0.3 is 0 Å². The van der Waals surface area contributed by atoms with E-state index in [0.29, 0.717) is 12.6 Å². The molecular weight excluding hydrogens is 334 g/mol. The maximum absolute atomic E-state index is 6.00. The van der Waals surface area contributed by atoms with E-state index in [0.717, 1.165) is 52.4 Å². The SMILES string of the molecule is Cc1ccnc2c(N3CCCC3COc3ccc(Cl)cc3)ccnc12. The highest BCUT2D eigenvalue weighted by Gasteiger charge is 2.27. The van der Waals surface area contributed by atoms with E-state index in [1.54, 1.807) is 0 Å². The highest BCUT2D eigenvalue weighted by atomic mass is 35.5. The van der Waals surface area contributed by atoms with Crippen LogP contribution in [0.5, 0.6) is 5.75 Å². The number of anilines is 1. The lowest BCUT2D eigenvalue weighted by Gasteiger charge is -2.27. The summed E-state index contributed by atoms with van der Waals surface area (Å²) < 4.78 is 6.00. The van der Waals surface area contributed by atoms with Crippen molar-refractivity contribution in [1.82, 2.24) is 9.97 Å². The summed E-state index contributed by atoms with van der Waals surface area (Å²) in [6.45, 7) is 3.74. The molecule has 1 aromatic carbocycles. The quantitative estimate of drug-likeness (QED) is 0.685. The Morgan fingerprint density at radius 3 is 2.68 bits per heavy atom. The molecule has 1 atom stereocenters. The van der Waals surface area contributed by atoms with Crippen molar-refractivity contribution in [3.63, 3.8) is 0 Å². The zero-order chi connectivity index (χ0) is 17.2. The van der Waals surface area contributed by atoms with Crippen molar-refractivity contribution in [1.29, 1.82) is 0 Å². The lowest BCUT2D eigenvalue weighted by Crippen LogP contribution is -2.34. The highest BCUT2D eigenvalue weighted by Crippen LogP contribution is 2.31. The summed E-state index contributed by atoms with van der Waals surface area (Å²) in [6, 6.07) is 11.9. The van der Waals surface area contributed by atoms with Gasteiger partial charge in [0.05, 0.1) is 17.2 Å². The van der Waals surface area contributed by atoms with E-state index in [1.165, 1.54) is 0 Å². The first-order valence-corrected chi connectivity index (χ1v) is 8.95. The van der Waals surface area contributed by atoms with Crippen LogP contribution in [0.2, 0.25) is 5.02 Å². The third-order valence-electron chi connectivity index (χ3n) is 4.75. The van der Waals surface area contributed by atoms with Gasteiger partial charge in [0.1, 0.15) is 17.9 Å². The molecule has 4 nitrogen and oxygen atoms in total. The first kappa shape index (κ1) is 16.2. The molecule has 1 fully saturated rings. The lowest BCUT2D eigenvalue weighted by atomic mass is 10.1. The molecule has 128 valence electrons. The third-order valence-corrected chi connectivity index (χ3v) is 5.00. The Morgan fingerprint density at radius 2 is 1.84 bits per heavy atom. The van der Waals surface area contributed by atoms with Crippen LogP contribution in [0.4, 0.5) is 5.69 Å². The third kappa shape index (κ3) is 3.27. The van der Waals surface area contributed by atoms with Crippen LogP contribution in [0.3, 0.4) is 0 Å². The molecule has 0 radical (unpaired) electrons. The molecule has 0 N–H and O–H groups in total. The Bertz CT molecular complexity index is 882. The van der Waals surface area contributed by atoms with E-state index >= 15 is 0 Å². The van der Waals surface area contributed by atoms with Gasteiger partial charge < -0.3 is 9.64 Å². The first-order valence-electron chi connectivity index (χ1n) is 8.58. The molecule has 4 rings (SSSR count). The number of halogens is 1. The van der Waals surface area contributed by atoms with Gasteiger partial charge in [-0.05, 0) is 61.7 Å². The molecule has 1 aliphatic heterocycles. The summed E-state index contributed by atoms with van der Waals surface area (Å²) in [4.78, 5) is 11.5. The van der Waals surface area contributed by atoms with Crippen molar-refractivity contribution < 1.29 is 4.74 Å². The van der Waals surface area contributed by atoms with Crippen LogP contribution in [-0.4, -0.2) is 29.2 Å². The van der Waals surface area contributed by atoms with Crippen LogP contribution in [0.25, 0.3) is 11.0 Å². The number of nitrogens with zero attached hydrogens (tertiary/aromatic N) is 3. The van der Waals surface area contributed by atoms with Crippen molar-refractivity contribution in [3.05, 3.63) is 59.4 Å². The minimum absolute atomic E-state index is 0.337. The minimum Gasteiger partial charge on any atom is -0.491 e. The monoisotopic (exact) mass is 353 g/mol. The van der Waals surface area contributed by atoms with Crippen molar-refractivity contribution in [2.75, 3.05) is 18.1 Å². The summed E-state index contributed by atoms with van der Waals surface area (Å²) >= 11 is 5.93. The van der Waals surface area contributed by atoms with Gasteiger partial charge in [-0.1, -0.05) is 11.6 Å². The molecule has 2 aromatic heterocycles. The number of fused-ring (bicyclic) bond motifs is 1. The Balaban J connectivity index is 1.57. The topological polar surface area (TPSA) is 38.2 Å². The number of ether oxygens (including phenoxy) is 1. The van der Waals surface area contributed by atoms with Gasteiger partial charge in [-0.25, -0.2) is 0 Å². The minimum atomic E-state index is 0.337. The van der Waals surface area contributed by atoms with Gasteiger partial charge in [0.2, 0.25) is 0 Å². The smallest absolute Gasteiger partial charge is 0.119 e. The second-order valence-electron chi connectivity index (χ2n) is 6.41. The Labute approximate surface area is 152 Å². The van der Waals surface area contributed by atoms with E-state index in [4.69, 9.17) is 16.3 Å². The fraction of sp³-hybridized carbons (Fsp3) is 0.300. The molecule has 1 saturated heterocycles. The molecule has 25 heavy (non-hydrogen) atoms. The highest BCUT2D eigenvalue weighted by molar-refractivity contribution is 6.30. The summed E-state index contributed by atoms with van der Waals surface area (Å²) in [7, 11) is 0. The van der Waals surface area contributed by atoms with Crippen LogP contribution in [0.1, 0.15) is 18.4 Å². The van der Waals surface area contributed by atoms with Crippen molar-refractivity contribution in [2.45, 2.75) is 25.8 Å².